The zero-order chi connectivity index (χ0) is 13.7. The van der Waals surface area contributed by atoms with Crippen molar-refractivity contribution in [2.45, 2.75) is 44.1 Å². The number of carbonyl (C=O) groups excluding carboxylic acids is 1. The molecule has 0 unspecified atom stereocenters. The van der Waals surface area contributed by atoms with Crippen molar-refractivity contribution in [3.63, 3.8) is 0 Å². The van der Waals surface area contributed by atoms with Crippen LogP contribution in [0.1, 0.15) is 37.7 Å². The van der Waals surface area contributed by atoms with E-state index in [1.165, 1.54) is 0 Å². The molecule has 0 bridgehead atoms. The summed E-state index contributed by atoms with van der Waals surface area (Å²) in [5, 5.41) is 13.0. The van der Waals surface area contributed by atoms with E-state index in [0.29, 0.717) is 19.4 Å². The maximum Gasteiger partial charge on any atom is 0.220 e. The molecule has 0 saturated heterocycles. The van der Waals surface area contributed by atoms with Gasteiger partial charge in [-0.1, -0.05) is 25.0 Å². The number of benzene rings is 1. The Morgan fingerprint density at radius 1 is 1.37 bits per heavy atom. The predicted octanol–water partition coefficient (Wildman–Crippen LogP) is 1.62. The van der Waals surface area contributed by atoms with Gasteiger partial charge in [0.1, 0.15) is 0 Å². The van der Waals surface area contributed by atoms with Crippen molar-refractivity contribution in [3.8, 4) is 0 Å². The molecule has 1 aliphatic rings. The van der Waals surface area contributed by atoms with E-state index in [2.05, 4.69) is 5.32 Å². The van der Waals surface area contributed by atoms with Crippen LogP contribution in [0.4, 0.5) is 5.69 Å². The number of aryl methyl sites for hydroxylation is 1. The van der Waals surface area contributed by atoms with Crippen molar-refractivity contribution in [2.24, 2.45) is 0 Å². The van der Waals surface area contributed by atoms with Crippen molar-refractivity contribution in [1.82, 2.24) is 5.32 Å². The summed E-state index contributed by atoms with van der Waals surface area (Å²) in [5.74, 6) is -0.0113. The van der Waals surface area contributed by atoms with E-state index in [0.717, 1.165) is 36.9 Å². The summed E-state index contributed by atoms with van der Waals surface area (Å²) in [4.78, 5) is 11.7. The highest BCUT2D eigenvalue weighted by atomic mass is 16.3. The zero-order valence-corrected chi connectivity index (χ0v) is 11.2. The van der Waals surface area contributed by atoms with Gasteiger partial charge in [0.25, 0.3) is 0 Å². The van der Waals surface area contributed by atoms with Gasteiger partial charge in [-0.05, 0) is 37.0 Å². The molecule has 1 aliphatic carbocycles. The van der Waals surface area contributed by atoms with Gasteiger partial charge < -0.3 is 16.2 Å². The molecular weight excluding hydrogens is 240 g/mol. The topological polar surface area (TPSA) is 75.4 Å². The Morgan fingerprint density at radius 3 is 2.79 bits per heavy atom. The average Bonchev–Trinajstić information content (AvgIpc) is 2.82. The van der Waals surface area contributed by atoms with Crippen LogP contribution in [-0.4, -0.2) is 23.2 Å². The number of rotatable bonds is 5. The highest BCUT2D eigenvalue weighted by molar-refractivity contribution is 5.76. The standard InChI is InChI=1S/C15H22N2O2/c16-13-5-3-4-12(10-13)6-7-14(18)17-11-15(19)8-1-2-9-15/h3-5,10,19H,1-2,6-9,11,16H2,(H,17,18). The lowest BCUT2D eigenvalue weighted by Crippen LogP contribution is -2.40. The predicted molar refractivity (Wildman–Crippen MR) is 75.6 cm³/mol. The van der Waals surface area contributed by atoms with Crippen molar-refractivity contribution < 1.29 is 9.90 Å². The number of aliphatic hydroxyl groups is 1. The molecule has 1 saturated carbocycles. The Hall–Kier alpha value is -1.55. The molecule has 4 nitrogen and oxygen atoms in total. The molecular formula is C15H22N2O2. The number of amides is 1. The van der Waals surface area contributed by atoms with Crippen molar-refractivity contribution in [3.05, 3.63) is 29.8 Å². The van der Waals surface area contributed by atoms with Crippen molar-refractivity contribution in [2.75, 3.05) is 12.3 Å². The molecule has 0 radical (unpaired) electrons. The lowest BCUT2D eigenvalue weighted by Gasteiger charge is -2.22. The van der Waals surface area contributed by atoms with Crippen LogP contribution < -0.4 is 11.1 Å². The van der Waals surface area contributed by atoms with E-state index >= 15 is 0 Å². The second kappa shape index (κ2) is 6.06. The summed E-state index contributed by atoms with van der Waals surface area (Å²) in [6.45, 7) is 0.378. The lowest BCUT2D eigenvalue weighted by atomic mass is 10.0. The Kier molecular flexibility index (Phi) is 4.43. The fourth-order valence-corrected chi connectivity index (χ4v) is 2.57. The fraction of sp³-hybridized carbons (Fsp3) is 0.533. The second-order valence-electron chi connectivity index (χ2n) is 5.45. The Balaban J connectivity index is 1.73. The Bertz CT molecular complexity index is 440. The first kappa shape index (κ1) is 13.9. The number of nitrogen functional groups attached to an aromatic ring is 1. The Morgan fingerprint density at radius 2 is 2.11 bits per heavy atom. The lowest BCUT2D eigenvalue weighted by molar-refractivity contribution is -0.122. The van der Waals surface area contributed by atoms with Crippen LogP contribution in [0.25, 0.3) is 0 Å². The van der Waals surface area contributed by atoms with E-state index in [1.54, 1.807) is 0 Å². The molecule has 0 aromatic heterocycles. The third kappa shape index (κ3) is 4.24. The number of carbonyl (C=O) groups is 1. The van der Waals surface area contributed by atoms with E-state index < -0.39 is 5.60 Å². The van der Waals surface area contributed by atoms with Crippen LogP contribution in [0.15, 0.2) is 24.3 Å². The maximum absolute atomic E-state index is 11.7. The van der Waals surface area contributed by atoms with E-state index in [1.807, 2.05) is 24.3 Å². The molecule has 104 valence electrons. The summed E-state index contributed by atoms with van der Waals surface area (Å²) < 4.78 is 0. The third-order valence-electron chi connectivity index (χ3n) is 3.74. The van der Waals surface area contributed by atoms with Crippen LogP contribution in [0, 0.1) is 0 Å². The summed E-state index contributed by atoms with van der Waals surface area (Å²) in [6, 6.07) is 7.58. The molecule has 1 fully saturated rings. The second-order valence-corrected chi connectivity index (χ2v) is 5.45. The normalized spacial score (nSPS) is 17.3. The van der Waals surface area contributed by atoms with Gasteiger partial charge in [0.2, 0.25) is 5.91 Å². The monoisotopic (exact) mass is 262 g/mol. The molecule has 0 heterocycles. The van der Waals surface area contributed by atoms with Gasteiger partial charge in [-0.15, -0.1) is 0 Å². The van der Waals surface area contributed by atoms with E-state index in [-0.39, 0.29) is 5.91 Å². The first-order chi connectivity index (χ1) is 9.07. The SMILES string of the molecule is Nc1cccc(CCC(=O)NCC2(O)CCCC2)c1. The number of nitrogens with one attached hydrogen (secondary N) is 1. The van der Waals surface area contributed by atoms with Crippen molar-refractivity contribution in [1.29, 1.82) is 0 Å². The first-order valence-electron chi connectivity index (χ1n) is 6.91. The van der Waals surface area contributed by atoms with Gasteiger partial charge in [-0.25, -0.2) is 0 Å². The highest BCUT2D eigenvalue weighted by Crippen LogP contribution is 2.28. The minimum Gasteiger partial charge on any atom is -0.399 e. The molecule has 0 atom stereocenters. The zero-order valence-electron chi connectivity index (χ0n) is 11.2. The number of hydrogen-bond donors (Lipinski definition) is 3. The van der Waals surface area contributed by atoms with Gasteiger partial charge in [0.15, 0.2) is 0 Å². The van der Waals surface area contributed by atoms with E-state index in [9.17, 15) is 9.90 Å². The van der Waals surface area contributed by atoms with Gasteiger partial charge in [-0.3, -0.25) is 4.79 Å². The molecule has 2 rings (SSSR count). The van der Waals surface area contributed by atoms with Crippen LogP contribution >= 0.6 is 0 Å². The number of anilines is 1. The quantitative estimate of drug-likeness (QED) is 0.706. The smallest absolute Gasteiger partial charge is 0.220 e. The molecule has 0 spiro atoms. The molecule has 1 aromatic carbocycles. The summed E-state index contributed by atoms with van der Waals surface area (Å²) in [5.41, 5.74) is 6.80. The van der Waals surface area contributed by atoms with Gasteiger partial charge in [-0.2, -0.15) is 0 Å². The first-order valence-corrected chi connectivity index (χ1v) is 6.91. The summed E-state index contributed by atoms with van der Waals surface area (Å²) in [7, 11) is 0. The van der Waals surface area contributed by atoms with Gasteiger partial charge >= 0.3 is 0 Å². The minimum absolute atomic E-state index is 0.0113. The summed E-state index contributed by atoms with van der Waals surface area (Å²) in [6.07, 6.45) is 4.80. The molecule has 1 aromatic rings. The highest BCUT2D eigenvalue weighted by Gasteiger charge is 2.31. The van der Waals surface area contributed by atoms with Crippen LogP contribution in [-0.2, 0) is 11.2 Å². The van der Waals surface area contributed by atoms with Crippen LogP contribution in [0.2, 0.25) is 0 Å². The number of nitrogens with two attached hydrogens (primary N) is 1. The molecule has 19 heavy (non-hydrogen) atoms. The van der Waals surface area contributed by atoms with Crippen molar-refractivity contribution >= 4 is 11.6 Å². The minimum atomic E-state index is -0.674. The molecule has 1 amide bonds. The van der Waals surface area contributed by atoms with Gasteiger partial charge in [0.05, 0.1) is 5.60 Å². The molecule has 4 N–H and O–H groups in total. The third-order valence-corrected chi connectivity index (χ3v) is 3.74. The molecule has 0 aliphatic heterocycles. The maximum atomic E-state index is 11.7. The van der Waals surface area contributed by atoms with E-state index in [4.69, 9.17) is 5.73 Å². The Labute approximate surface area is 114 Å². The molecule has 4 heteroatoms. The fourth-order valence-electron chi connectivity index (χ4n) is 2.57. The average molecular weight is 262 g/mol. The van der Waals surface area contributed by atoms with Gasteiger partial charge in [0, 0.05) is 18.7 Å². The summed E-state index contributed by atoms with van der Waals surface area (Å²) >= 11 is 0. The largest absolute Gasteiger partial charge is 0.399 e. The van der Waals surface area contributed by atoms with Crippen LogP contribution in [0.5, 0.6) is 0 Å². The number of hydrogen-bond acceptors (Lipinski definition) is 3. The van der Waals surface area contributed by atoms with Crippen LogP contribution in [0.3, 0.4) is 0 Å².